The summed E-state index contributed by atoms with van der Waals surface area (Å²) in [6.07, 6.45) is 9.34. The number of imidazole rings is 1. The van der Waals surface area contributed by atoms with E-state index in [4.69, 9.17) is 0 Å². The van der Waals surface area contributed by atoms with Crippen LogP contribution in [0.5, 0.6) is 0 Å². The Morgan fingerprint density at radius 2 is 1.86 bits per heavy atom. The van der Waals surface area contributed by atoms with Crippen molar-refractivity contribution in [2.75, 3.05) is 0 Å². The van der Waals surface area contributed by atoms with Crippen molar-refractivity contribution in [3.63, 3.8) is 0 Å². The molecule has 0 atom stereocenters. The van der Waals surface area contributed by atoms with Gasteiger partial charge in [0.15, 0.2) is 5.82 Å². The fourth-order valence-electron chi connectivity index (χ4n) is 4.61. The number of para-hydroxylation sites is 1. The lowest BCUT2D eigenvalue weighted by molar-refractivity contribution is 0.673. The first-order chi connectivity index (χ1) is 18.1. The van der Waals surface area contributed by atoms with E-state index in [1.807, 2.05) is 35.2 Å². The molecule has 0 aliphatic rings. The summed E-state index contributed by atoms with van der Waals surface area (Å²) in [5, 5.41) is 14.3. The van der Waals surface area contributed by atoms with Crippen LogP contribution in [0.1, 0.15) is 43.5 Å². The van der Waals surface area contributed by atoms with Gasteiger partial charge in [0.1, 0.15) is 0 Å². The summed E-state index contributed by atoms with van der Waals surface area (Å²) >= 11 is 3.67. The van der Waals surface area contributed by atoms with E-state index < -0.39 is 0 Å². The fourth-order valence-corrected chi connectivity index (χ4v) is 5.20. The predicted octanol–water partition coefficient (Wildman–Crippen LogP) is 5.60. The molecule has 1 N–H and O–H groups in total. The molecule has 5 aromatic rings. The number of aryl methyl sites for hydroxylation is 2. The number of nitrogens with one attached hydrogen (secondary N) is 1. The molecule has 0 bridgehead atoms. The molecule has 9 heteroatoms. The van der Waals surface area contributed by atoms with Crippen molar-refractivity contribution in [3.05, 3.63) is 98.9 Å². The first-order valence-electron chi connectivity index (χ1n) is 12.5. The molecule has 3 aromatic heterocycles. The van der Waals surface area contributed by atoms with E-state index in [9.17, 15) is 4.79 Å². The molecule has 2 aromatic carbocycles. The maximum absolute atomic E-state index is 13.7. The molecular weight excluding hydrogens is 530 g/mol. The molecule has 3 heterocycles. The highest BCUT2D eigenvalue weighted by Crippen LogP contribution is 2.29. The van der Waals surface area contributed by atoms with Gasteiger partial charge in [0, 0.05) is 39.9 Å². The molecule has 188 valence electrons. The summed E-state index contributed by atoms with van der Waals surface area (Å²) in [5.41, 5.74) is 6.94. The van der Waals surface area contributed by atoms with Crippen molar-refractivity contribution >= 4 is 15.9 Å². The first-order valence-corrected chi connectivity index (χ1v) is 13.3. The topological polar surface area (TPSA) is 94.3 Å². The standard InChI is InChI=1S/C28H28BrN7O/c1-3-5-8-22-18-36(26-20(4-2)7-6-9-25(26)29)28(37)35(22)17-19-10-12-21(13-11-19)24-16-30-15-14-23(24)27-31-33-34-32-27/h6-7,9-16,18H,3-5,8,17H2,1-2H3,(H,31,32,33,34). The summed E-state index contributed by atoms with van der Waals surface area (Å²) < 4.78 is 4.63. The number of halogens is 1. The van der Waals surface area contributed by atoms with Crippen molar-refractivity contribution in [3.8, 4) is 28.2 Å². The molecular formula is C28H28BrN7O. The van der Waals surface area contributed by atoms with Gasteiger partial charge >= 0.3 is 5.69 Å². The van der Waals surface area contributed by atoms with Crippen molar-refractivity contribution in [2.45, 2.75) is 46.1 Å². The molecule has 0 spiro atoms. The van der Waals surface area contributed by atoms with E-state index >= 15 is 0 Å². The van der Waals surface area contributed by atoms with Gasteiger partial charge in [-0.2, -0.15) is 0 Å². The first kappa shape index (κ1) is 24.8. The summed E-state index contributed by atoms with van der Waals surface area (Å²) in [7, 11) is 0. The number of nitrogens with zero attached hydrogens (tertiary/aromatic N) is 6. The van der Waals surface area contributed by atoms with Gasteiger partial charge in [0.25, 0.3) is 0 Å². The van der Waals surface area contributed by atoms with Crippen LogP contribution in [0.4, 0.5) is 0 Å². The summed E-state index contributed by atoms with van der Waals surface area (Å²) in [6.45, 7) is 4.78. The number of rotatable bonds is 9. The van der Waals surface area contributed by atoms with E-state index in [1.54, 1.807) is 10.8 Å². The Morgan fingerprint density at radius 3 is 2.59 bits per heavy atom. The van der Waals surface area contributed by atoms with Gasteiger partial charge < -0.3 is 0 Å². The zero-order chi connectivity index (χ0) is 25.8. The number of tetrazole rings is 1. The van der Waals surface area contributed by atoms with Crippen molar-refractivity contribution in [1.82, 2.24) is 34.7 Å². The van der Waals surface area contributed by atoms with Gasteiger partial charge in [0.2, 0.25) is 0 Å². The van der Waals surface area contributed by atoms with Crippen molar-refractivity contribution in [1.29, 1.82) is 0 Å². The predicted molar refractivity (Wildman–Crippen MR) is 148 cm³/mol. The minimum absolute atomic E-state index is 0.0239. The minimum atomic E-state index is -0.0239. The minimum Gasteiger partial charge on any atom is -0.292 e. The Morgan fingerprint density at radius 1 is 1.03 bits per heavy atom. The lowest BCUT2D eigenvalue weighted by Crippen LogP contribution is -2.25. The maximum Gasteiger partial charge on any atom is 0.333 e. The molecule has 37 heavy (non-hydrogen) atoms. The highest BCUT2D eigenvalue weighted by Gasteiger charge is 2.17. The molecule has 0 radical (unpaired) electrons. The quantitative estimate of drug-likeness (QED) is 0.254. The molecule has 0 amide bonds. The molecule has 0 fully saturated rings. The van der Waals surface area contributed by atoms with Gasteiger partial charge in [-0.25, -0.2) is 9.89 Å². The number of hydrogen-bond donors (Lipinski definition) is 1. The zero-order valence-electron chi connectivity index (χ0n) is 20.9. The summed E-state index contributed by atoms with van der Waals surface area (Å²) in [4.78, 5) is 18.0. The Labute approximate surface area is 223 Å². The van der Waals surface area contributed by atoms with Crippen molar-refractivity contribution < 1.29 is 0 Å². The van der Waals surface area contributed by atoms with Gasteiger partial charge in [-0.1, -0.05) is 56.7 Å². The lowest BCUT2D eigenvalue weighted by Gasteiger charge is -2.11. The largest absolute Gasteiger partial charge is 0.333 e. The smallest absolute Gasteiger partial charge is 0.292 e. The third kappa shape index (κ3) is 5.04. The zero-order valence-corrected chi connectivity index (χ0v) is 22.4. The van der Waals surface area contributed by atoms with Crippen LogP contribution in [0.25, 0.3) is 28.2 Å². The third-order valence-electron chi connectivity index (χ3n) is 6.57. The monoisotopic (exact) mass is 557 g/mol. The van der Waals surface area contributed by atoms with E-state index in [2.05, 4.69) is 85.7 Å². The number of benzene rings is 2. The Kier molecular flexibility index (Phi) is 7.41. The number of aromatic nitrogens is 7. The Hall–Kier alpha value is -3.85. The highest BCUT2D eigenvalue weighted by molar-refractivity contribution is 9.10. The Bertz CT molecular complexity index is 1550. The number of unbranched alkanes of at least 4 members (excludes halogenated alkanes) is 1. The van der Waals surface area contributed by atoms with Crippen LogP contribution in [-0.2, 0) is 19.4 Å². The lowest BCUT2D eigenvalue weighted by atomic mass is 10.0. The number of hydrogen-bond acceptors (Lipinski definition) is 5. The SMILES string of the molecule is CCCCc1cn(-c2c(Br)cccc2CC)c(=O)n1Cc1ccc(-c2cnccc2-c2nnn[nH]2)cc1. The van der Waals surface area contributed by atoms with Crippen LogP contribution in [-0.4, -0.2) is 34.7 Å². The maximum atomic E-state index is 13.7. The third-order valence-corrected chi connectivity index (χ3v) is 7.21. The molecule has 0 saturated carbocycles. The Balaban J connectivity index is 1.50. The molecule has 0 aliphatic heterocycles. The number of pyridine rings is 1. The summed E-state index contributed by atoms with van der Waals surface area (Å²) in [6, 6.07) is 16.2. The number of aromatic amines is 1. The average molecular weight is 558 g/mol. The fraction of sp³-hybridized carbons (Fsp3) is 0.250. The second-order valence-corrected chi connectivity index (χ2v) is 9.79. The van der Waals surface area contributed by atoms with Crippen LogP contribution in [0, 0.1) is 0 Å². The molecule has 0 unspecified atom stereocenters. The van der Waals surface area contributed by atoms with Crippen LogP contribution in [0.2, 0.25) is 0 Å². The molecule has 0 aliphatic carbocycles. The van der Waals surface area contributed by atoms with E-state index in [0.29, 0.717) is 12.4 Å². The van der Waals surface area contributed by atoms with Crippen LogP contribution in [0.15, 0.2) is 76.4 Å². The van der Waals surface area contributed by atoms with Gasteiger partial charge in [0.05, 0.1) is 12.2 Å². The number of H-pyrrole nitrogens is 1. The van der Waals surface area contributed by atoms with Gasteiger partial charge in [-0.05, 0) is 74.4 Å². The van der Waals surface area contributed by atoms with E-state index in [-0.39, 0.29) is 5.69 Å². The van der Waals surface area contributed by atoms with Gasteiger partial charge in [-0.15, -0.1) is 5.10 Å². The van der Waals surface area contributed by atoms with Gasteiger partial charge in [-0.3, -0.25) is 14.1 Å². The van der Waals surface area contributed by atoms with Crippen LogP contribution < -0.4 is 5.69 Å². The molecule has 0 saturated heterocycles. The molecule has 5 rings (SSSR count). The highest BCUT2D eigenvalue weighted by atomic mass is 79.9. The van der Waals surface area contributed by atoms with Crippen LogP contribution >= 0.6 is 15.9 Å². The average Bonchev–Trinajstić information content (AvgIpc) is 3.57. The van der Waals surface area contributed by atoms with E-state index in [1.165, 1.54) is 0 Å². The second kappa shape index (κ2) is 11.0. The van der Waals surface area contributed by atoms with E-state index in [0.717, 1.165) is 69.4 Å². The van der Waals surface area contributed by atoms with Crippen LogP contribution in [0.3, 0.4) is 0 Å². The summed E-state index contributed by atoms with van der Waals surface area (Å²) in [5.74, 6) is 0.591. The van der Waals surface area contributed by atoms with Crippen molar-refractivity contribution in [2.24, 2.45) is 0 Å². The molecule has 8 nitrogen and oxygen atoms in total. The normalized spacial score (nSPS) is 11.2. The second-order valence-electron chi connectivity index (χ2n) is 8.93.